The molecule has 0 unspecified atom stereocenters. The quantitative estimate of drug-likeness (QED) is 0.459. The number of nitrogens with zero attached hydrogens (tertiary/aromatic N) is 1. The lowest BCUT2D eigenvalue weighted by atomic mass is 10.0. The highest BCUT2D eigenvalue weighted by Gasteiger charge is 2.34. The van der Waals surface area contributed by atoms with Gasteiger partial charge in [-0.15, -0.1) is 0 Å². The molecular formula is C19H16BrN3O2. The van der Waals surface area contributed by atoms with Gasteiger partial charge in [0.2, 0.25) is 0 Å². The molecule has 0 radical (unpaired) electrons. The van der Waals surface area contributed by atoms with Crippen LogP contribution in [0.15, 0.2) is 57.8 Å². The molecule has 5 nitrogen and oxygen atoms in total. The Bertz CT molecular complexity index is 934. The van der Waals surface area contributed by atoms with Crippen LogP contribution in [-0.2, 0) is 9.63 Å². The van der Waals surface area contributed by atoms with Gasteiger partial charge in [0.25, 0.3) is 5.91 Å². The average Bonchev–Trinajstić information content (AvgIpc) is 3.11. The highest BCUT2D eigenvalue weighted by Crippen LogP contribution is 2.40. The molecule has 2 aliphatic heterocycles. The fraction of sp³-hybridized carbons (Fsp3) is 0.158. The normalized spacial score (nSPS) is 19.4. The van der Waals surface area contributed by atoms with Crippen molar-refractivity contribution in [3.63, 3.8) is 0 Å². The van der Waals surface area contributed by atoms with Crippen LogP contribution in [-0.4, -0.2) is 18.2 Å². The number of hydrogen-bond donors (Lipinski definition) is 2. The first-order valence-electron chi connectivity index (χ1n) is 8.11. The largest absolute Gasteiger partial charge is 0.395 e. The highest BCUT2D eigenvalue weighted by molar-refractivity contribution is 9.10. The van der Waals surface area contributed by atoms with E-state index in [4.69, 9.17) is 4.84 Å². The molecule has 2 aliphatic rings. The molecule has 2 aromatic rings. The Morgan fingerprint density at radius 3 is 2.72 bits per heavy atom. The number of para-hydroxylation sites is 1. The van der Waals surface area contributed by atoms with Crippen LogP contribution in [0.25, 0.3) is 5.57 Å². The summed E-state index contributed by atoms with van der Waals surface area (Å²) in [6.45, 7) is 2.56. The molecule has 6 heteroatoms. The summed E-state index contributed by atoms with van der Waals surface area (Å²) in [7, 11) is 0. The molecule has 0 bridgehead atoms. The summed E-state index contributed by atoms with van der Waals surface area (Å²) in [4.78, 5) is 18.1. The van der Waals surface area contributed by atoms with Crippen LogP contribution >= 0.6 is 15.9 Å². The van der Waals surface area contributed by atoms with Crippen LogP contribution in [0.2, 0.25) is 0 Å². The van der Waals surface area contributed by atoms with Crippen LogP contribution in [0.4, 0.5) is 11.4 Å². The van der Waals surface area contributed by atoms with Gasteiger partial charge in [-0.2, -0.15) is 0 Å². The summed E-state index contributed by atoms with van der Waals surface area (Å²) in [6.07, 6.45) is 0.869. The zero-order valence-electron chi connectivity index (χ0n) is 13.6. The minimum absolute atomic E-state index is 0.147. The van der Waals surface area contributed by atoms with Crippen molar-refractivity contribution in [2.45, 2.75) is 13.3 Å². The molecule has 25 heavy (non-hydrogen) atoms. The number of anilines is 2. The summed E-state index contributed by atoms with van der Waals surface area (Å²) in [5.74, 6) is -0.147. The van der Waals surface area contributed by atoms with Gasteiger partial charge in [-0.1, -0.05) is 46.2 Å². The molecular weight excluding hydrogens is 382 g/mol. The Kier molecular flexibility index (Phi) is 4.05. The lowest BCUT2D eigenvalue weighted by Crippen LogP contribution is -2.12. The van der Waals surface area contributed by atoms with E-state index in [2.05, 4.69) is 31.7 Å². The molecule has 0 atom stereocenters. The first-order valence-corrected chi connectivity index (χ1v) is 8.90. The Balaban J connectivity index is 1.89. The number of rotatable bonds is 3. The summed E-state index contributed by atoms with van der Waals surface area (Å²) in [5.41, 5.74) is 5.39. The maximum atomic E-state index is 12.6. The maximum absolute atomic E-state index is 12.6. The van der Waals surface area contributed by atoms with Crippen molar-refractivity contribution in [1.82, 2.24) is 0 Å². The summed E-state index contributed by atoms with van der Waals surface area (Å²) < 4.78 is 0.914. The van der Waals surface area contributed by atoms with Gasteiger partial charge in [-0.3, -0.25) is 4.79 Å². The minimum Gasteiger partial charge on any atom is -0.395 e. The molecule has 0 fully saturated rings. The van der Waals surface area contributed by atoms with Gasteiger partial charge in [0.1, 0.15) is 12.3 Å². The monoisotopic (exact) mass is 397 g/mol. The minimum atomic E-state index is -0.147. The number of carbonyl (C=O) groups is 1. The molecule has 2 N–H and O–H groups in total. The van der Waals surface area contributed by atoms with Crippen molar-refractivity contribution in [3.05, 3.63) is 63.8 Å². The lowest BCUT2D eigenvalue weighted by molar-refractivity contribution is -0.110. The SMILES string of the molecule is CCCO/N=C1/C(=C2/C(=O)Nc3ccc(Br)cc32)Nc2ccccc21. The van der Waals surface area contributed by atoms with Crippen molar-refractivity contribution < 1.29 is 9.63 Å². The average molecular weight is 398 g/mol. The summed E-state index contributed by atoms with van der Waals surface area (Å²) in [6, 6.07) is 13.6. The highest BCUT2D eigenvalue weighted by atomic mass is 79.9. The third kappa shape index (κ3) is 2.72. The van der Waals surface area contributed by atoms with Crippen molar-refractivity contribution in [1.29, 1.82) is 0 Å². The van der Waals surface area contributed by atoms with E-state index in [9.17, 15) is 4.79 Å². The van der Waals surface area contributed by atoms with Gasteiger partial charge in [0.05, 0.1) is 11.3 Å². The third-order valence-corrected chi connectivity index (χ3v) is 4.60. The van der Waals surface area contributed by atoms with Gasteiger partial charge in [-0.05, 0) is 30.7 Å². The molecule has 2 heterocycles. The standard InChI is InChI=1S/C19H16BrN3O2/c1-2-9-25-23-17-12-5-3-4-6-14(12)21-18(17)16-13-10-11(20)7-8-15(13)22-19(16)24/h3-8,10,21H,2,9H2,1H3,(H,22,24)/b18-16-,23-17+. The van der Waals surface area contributed by atoms with Gasteiger partial charge in [0, 0.05) is 27.0 Å². The smallest absolute Gasteiger partial charge is 0.258 e. The lowest BCUT2D eigenvalue weighted by Gasteiger charge is -2.07. The Labute approximate surface area is 153 Å². The van der Waals surface area contributed by atoms with Crippen molar-refractivity contribution in [2.24, 2.45) is 5.16 Å². The predicted octanol–water partition coefficient (Wildman–Crippen LogP) is 4.37. The molecule has 0 aliphatic carbocycles. The first-order chi connectivity index (χ1) is 12.2. The fourth-order valence-corrected chi connectivity index (χ4v) is 3.35. The zero-order valence-corrected chi connectivity index (χ0v) is 15.2. The topological polar surface area (TPSA) is 62.7 Å². The van der Waals surface area contributed by atoms with Gasteiger partial charge in [-0.25, -0.2) is 0 Å². The number of benzene rings is 2. The summed E-state index contributed by atoms with van der Waals surface area (Å²) in [5, 5.41) is 10.6. The van der Waals surface area contributed by atoms with Crippen LogP contribution in [0.1, 0.15) is 24.5 Å². The van der Waals surface area contributed by atoms with Crippen molar-refractivity contribution in [3.8, 4) is 0 Å². The summed E-state index contributed by atoms with van der Waals surface area (Å²) >= 11 is 3.48. The van der Waals surface area contributed by atoms with Gasteiger partial charge >= 0.3 is 0 Å². The van der Waals surface area contributed by atoms with E-state index in [0.717, 1.165) is 33.4 Å². The second-order valence-electron chi connectivity index (χ2n) is 5.84. The van der Waals surface area contributed by atoms with Crippen molar-refractivity contribution in [2.75, 3.05) is 17.2 Å². The molecule has 0 aromatic heterocycles. The predicted molar refractivity (Wildman–Crippen MR) is 103 cm³/mol. The number of allylic oxidation sites excluding steroid dienone is 1. The van der Waals surface area contributed by atoms with E-state index in [-0.39, 0.29) is 5.91 Å². The number of amides is 1. The number of nitrogens with one attached hydrogen (secondary N) is 2. The van der Waals surface area contributed by atoms with E-state index < -0.39 is 0 Å². The Morgan fingerprint density at radius 2 is 1.88 bits per heavy atom. The van der Waals surface area contributed by atoms with E-state index >= 15 is 0 Å². The number of oxime groups is 1. The van der Waals surface area contributed by atoms with E-state index in [1.54, 1.807) is 0 Å². The van der Waals surface area contributed by atoms with Crippen LogP contribution in [0, 0.1) is 0 Å². The number of carbonyl (C=O) groups excluding carboxylic acids is 1. The second-order valence-corrected chi connectivity index (χ2v) is 6.75. The van der Waals surface area contributed by atoms with Crippen LogP contribution in [0.5, 0.6) is 0 Å². The molecule has 2 aromatic carbocycles. The zero-order chi connectivity index (χ0) is 17.4. The van der Waals surface area contributed by atoms with E-state index in [1.807, 2.05) is 49.4 Å². The molecule has 4 rings (SSSR count). The van der Waals surface area contributed by atoms with Crippen LogP contribution < -0.4 is 10.6 Å². The number of fused-ring (bicyclic) bond motifs is 2. The first kappa shape index (κ1) is 15.9. The molecule has 0 spiro atoms. The van der Waals surface area contributed by atoms with Crippen molar-refractivity contribution >= 4 is 44.5 Å². The molecule has 126 valence electrons. The van der Waals surface area contributed by atoms with Crippen LogP contribution in [0.3, 0.4) is 0 Å². The van der Waals surface area contributed by atoms with Gasteiger partial charge < -0.3 is 15.5 Å². The van der Waals surface area contributed by atoms with E-state index in [1.165, 1.54) is 0 Å². The Morgan fingerprint density at radius 1 is 1.08 bits per heavy atom. The second kappa shape index (κ2) is 6.37. The van der Waals surface area contributed by atoms with Gasteiger partial charge in [0.15, 0.2) is 0 Å². The van der Waals surface area contributed by atoms with E-state index in [0.29, 0.717) is 23.6 Å². The number of hydrogen-bond acceptors (Lipinski definition) is 4. The Hall–Kier alpha value is -2.60. The maximum Gasteiger partial charge on any atom is 0.258 e. The molecule has 0 saturated carbocycles. The molecule has 1 amide bonds. The molecule has 0 saturated heterocycles. The third-order valence-electron chi connectivity index (χ3n) is 4.11. The fourth-order valence-electron chi connectivity index (χ4n) is 2.99. The number of halogens is 1.